The molecule has 3 heterocycles. The van der Waals surface area contributed by atoms with Gasteiger partial charge < -0.3 is 15.0 Å². The molecule has 27 heavy (non-hydrogen) atoms. The van der Waals surface area contributed by atoms with Crippen molar-refractivity contribution in [2.75, 3.05) is 38.2 Å². The molecule has 150 valence electrons. The van der Waals surface area contributed by atoms with E-state index >= 15 is 0 Å². The first-order valence-electron chi connectivity index (χ1n) is 9.55. The van der Waals surface area contributed by atoms with Crippen LogP contribution in [0.3, 0.4) is 0 Å². The zero-order chi connectivity index (χ0) is 19.0. The molecule has 9 heteroatoms. The van der Waals surface area contributed by atoms with Crippen LogP contribution in [0.15, 0.2) is 6.07 Å². The molecule has 5 nitrogen and oxygen atoms in total. The number of anilines is 1. The van der Waals surface area contributed by atoms with Gasteiger partial charge in [0, 0.05) is 38.9 Å². The number of likely N-dealkylation sites (tertiary alicyclic amines) is 1. The van der Waals surface area contributed by atoms with Crippen molar-refractivity contribution in [2.24, 2.45) is 17.8 Å². The third kappa shape index (κ3) is 4.49. The Labute approximate surface area is 161 Å². The van der Waals surface area contributed by atoms with Gasteiger partial charge in [-0.25, -0.2) is 0 Å². The van der Waals surface area contributed by atoms with Crippen molar-refractivity contribution >= 4 is 17.4 Å². The van der Waals surface area contributed by atoms with E-state index in [0.29, 0.717) is 17.8 Å². The van der Waals surface area contributed by atoms with Crippen LogP contribution in [0.1, 0.15) is 31.2 Å². The van der Waals surface area contributed by atoms with Crippen LogP contribution in [0.2, 0.25) is 5.15 Å². The lowest BCUT2D eigenvalue weighted by Gasteiger charge is -2.28. The Kier molecular flexibility index (Phi) is 5.49. The molecule has 3 atom stereocenters. The summed E-state index contributed by atoms with van der Waals surface area (Å²) in [6.07, 6.45) is -0.499. The Hall–Kier alpha value is -1.12. The van der Waals surface area contributed by atoms with Gasteiger partial charge in [-0.1, -0.05) is 11.6 Å². The lowest BCUT2D eigenvalue weighted by atomic mass is 10.00. The number of ether oxygens (including phenoxy) is 1. The monoisotopic (exact) mass is 404 g/mol. The van der Waals surface area contributed by atoms with E-state index < -0.39 is 11.7 Å². The normalized spacial score (nSPS) is 29.9. The maximum atomic E-state index is 13.2. The second-order valence-electron chi connectivity index (χ2n) is 8.03. The molecule has 3 aliphatic rings. The summed E-state index contributed by atoms with van der Waals surface area (Å²) in [7, 11) is 0. The second kappa shape index (κ2) is 7.72. The van der Waals surface area contributed by atoms with E-state index in [1.165, 1.54) is 0 Å². The summed E-state index contributed by atoms with van der Waals surface area (Å²) in [6, 6.07) is 0.837. The molecule has 0 radical (unpaired) electrons. The number of hydrogen-bond acceptors (Lipinski definition) is 5. The summed E-state index contributed by atoms with van der Waals surface area (Å²) >= 11 is 5.60. The quantitative estimate of drug-likeness (QED) is 0.829. The maximum Gasteiger partial charge on any atom is 0.420 e. The molecule has 1 saturated carbocycles. The highest BCUT2D eigenvalue weighted by Crippen LogP contribution is 2.41. The van der Waals surface area contributed by atoms with E-state index in [4.69, 9.17) is 16.3 Å². The van der Waals surface area contributed by atoms with Crippen LogP contribution >= 0.6 is 11.6 Å². The second-order valence-corrected chi connectivity index (χ2v) is 8.42. The highest BCUT2D eigenvalue weighted by molar-refractivity contribution is 6.29. The molecule has 2 saturated heterocycles. The van der Waals surface area contributed by atoms with Gasteiger partial charge in [0.2, 0.25) is 0 Å². The number of hydrogen-bond donors (Lipinski definition) is 1. The molecule has 0 amide bonds. The van der Waals surface area contributed by atoms with E-state index in [-0.39, 0.29) is 17.0 Å². The molecule has 2 aliphatic heterocycles. The van der Waals surface area contributed by atoms with Crippen molar-refractivity contribution in [1.82, 2.24) is 15.1 Å². The van der Waals surface area contributed by atoms with Crippen LogP contribution in [0, 0.1) is 17.8 Å². The van der Waals surface area contributed by atoms with Gasteiger partial charge in [0.25, 0.3) is 0 Å². The van der Waals surface area contributed by atoms with Crippen LogP contribution in [0.5, 0.6) is 0 Å². The fourth-order valence-electron chi connectivity index (χ4n) is 4.84. The molecular weight excluding hydrogens is 381 g/mol. The van der Waals surface area contributed by atoms with Crippen LogP contribution in [0.4, 0.5) is 19.0 Å². The average molecular weight is 405 g/mol. The van der Waals surface area contributed by atoms with Crippen LogP contribution in [0.25, 0.3) is 0 Å². The number of nitrogens with one attached hydrogen (secondary N) is 1. The van der Waals surface area contributed by atoms with Gasteiger partial charge in [-0.15, -0.1) is 10.2 Å². The highest BCUT2D eigenvalue weighted by Gasteiger charge is 2.42. The van der Waals surface area contributed by atoms with Gasteiger partial charge in [-0.05, 0) is 49.5 Å². The number of fused-ring (bicyclic) bond motifs is 1. The number of halogens is 4. The Bertz CT molecular complexity index is 654. The molecule has 0 aromatic carbocycles. The van der Waals surface area contributed by atoms with Gasteiger partial charge in [-0.3, -0.25) is 0 Å². The minimum absolute atomic E-state index is 0.00167. The Morgan fingerprint density at radius 1 is 1.15 bits per heavy atom. The molecule has 1 aromatic heterocycles. The summed E-state index contributed by atoms with van der Waals surface area (Å²) < 4.78 is 45.1. The molecule has 3 fully saturated rings. The van der Waals surface area contributed by atoms with Crippen LogP contribution < -0.4 is 5.32 Å². The van der Waals surface area contributed by atoms with E-state index in [1.54, 1.807) is 0 Å². The first kappa shape index (κ1) is 19.2. The van der Waals surface area contributed by atoms with Gasteiger partial charge in [0.15, 0.2) is 11.0 Å². The number of rotatable bonds is 4. The van der Waals surface area contributed by atoms with Gasteiger partial charge in [-0.2, -0.15) is 13.2 Å². The van der Waals surface area contributed by atoms with Crippen molar-refractivity contribution in [2.45, 2.75) is 37.9 Å². The number of alkyl halides is 3. The summed E-state index contributed by atoms with van der Waals surface area (Å²) in [4.78, 5) is 2.53. The Morgan fingerprint density at radius 3 is 2.44 bits per heavy atom. The summed E-state index contributed by atoms with van der Waals surface area (Å²) in [5.41, 5.74) is -0.847. The zero-order valence-electron chi connectivity index (χ0n) is 15.0. The molecule has 0 bridgehead atoms. The van der Waals surface area contributed by atoms with Gasteiger partial charge in [0.1, 0.15) is 5.56 Å². The Balaban J connectivity index is 1.33. The first-order valence-corrected chi connectivity index (χ1v) is 9.93. The van der Waals surface area contributed by atoms with E-state index in [2.05, 4.69) is 20.4 Å². The minimum Gasteiger partial charge on any atom is -0.381 e. The number of nitrogens with zero attached hydrogens (tertiary/aromatic N) is 3. The predicted molar refractivity (Wildman–Crippen MR) is 95.7 cm³/mol. The standard InChI is InChI=1S/C18H24ClF3N4O/c19-16-7-15(18(20,21)22)17(25-24-16)23-14-5-12-9-26(10-13(12)6-14)8-11-1-3-27-4-2-11/h7,11-14H,1-6,8-10H2,(H,23,25)/t12-,13+,14?. The maximum absolute atomic E-state index is 13.2. The molecule has 1 unspecified atom stereocenters. The smallest absolute Gasteiger partial charge is 0.381 e. The van der Waals surface area contributed by atoms with E-state index in [1.807, 2.05) is 0 Å². The summed E-state index contributed by atoms with van der Waals surface area (Å²) in [5.74, 6) is 1.58. The van der Waals surface area contributed by atoms with Crippen molar-refractivity contribution in [3.8, 4) is 0 Å². The number of aromatic nitrogens is 2. The molecular formula is C18H24ClF3N4O. The van der Waals surface area contributed by atoms with Crippen LogP contribution in [-0.4, -0.2) is 54.0 Å². The van der Waals surface area contributed by atoms with Gasteiger partial charge in [0.05, 0.1) is 0 Å². The summed E-state index contributed by atoms with van der Waals surface area (Å²) in [6.45, 7) is 4.93. The van der Waals surface area contributed by atoms with Crippen molar-refractivity contribution in [3.05, 3.63) is 16.8 Å². The fraction of sp³-hybridized carbons (Fsp3) is 0.778. The first-order chi connectivity index (χ1) is 12.9. The third-order valence-corrected chi connectivity index (χ3v) is 6.28. The zero-order valence-corrected chi connectivity index (χ0v) is 15.8. The lowest BCUT2D eigenvalue weighted by Crippen LogP contribution is -2.32. The van der Waals surface area contributed by atoms with E-state index in [9.17, 15) is 13.2 Å². The average Bonchev–Trinajstić information content (AvgIpc) is 3.14. The SMILES string of the molecule is FC(F)(F)c1cc(Cl)nnc1NC1C[C@@H]2CN(CC3CCOCC3)C[C@@H]2C1. The van der Waals surface area contributed by atoms with Crippen molar-refractivity contribution < 1.29 is 17.9 Å². The molecule has 1 aromatic rings. The largest absolute Gasteiger partial charge is 0.420 e. The minimum atomic E-state index is -4.50. The molecule has 1 N–H and O–H groups in total. The fourth-order valence-corrected chi connectivity index (χ4v) is 4.99. The van der Waals surface area contributed by atoms with Crippen LogP contribution in [-0.2, 0) is 10.9 Å². The lowest BCUT2D eigenvalue weighted by molar-refractivity contribution is -0.137. The van der Waals surface area contributed by atoms with Crippen molar-refractivity contribution in [1.29, 1.82) is 0 Å². The van der Waals surface area contributed by atoms with Gasteiger partial charge >= 0.3 is 6.18 Å². The van der Waals surface area contributed by atoms with Crippen molar-refractivity contribution in [3.63, 3.8) is 0 Å². The van der Waals surface area contributed by atoms with E-state index in [0.717, 1.165) is 64.6 Å². The topological polar surface area (TPSA) is 50.3 Å². The molecule has 1 aliphatic carbocycles. The Morgan fingerprint density at radius 2 is 1.81 bits per heavy atom. The molecule has 4 rings (SSSR count). The highest BCUT2D eigenvalue weighted by atomic mass is 35.5. The third-order valence-electron chi connectivity index (χ3n) is 6.09. The molecule has 0 spiro atoms. The predicted octanol–water partition coefficient (Wildman–Crippen LogP) is 3.70. The summed E-state index contributed by atoms with van der Waals surface area (Å²) in [5, 5.41) is 9.97.